The number of methoxy groups -OCH3 is 2. The molecule has 0 radical (unpaired) electrons. The molecule has 4 rings (SSSR count). The molecule has 0 saturated heterocycles. The minimum atomic E-state index is 0.194. The predicted octanol–water partition coefficient (Wildman–Crippen LogP) is 3.01. The van der Waals surface area contributed by atoms with Gasteiger partial charge in [-0.15, -0.1) is 0 Å². The molecule has 2 aromatic carbocycles. The highest BCUT2D eigenvalue weighted by atomic mass is 16.5. The van der Waals surface area contributed by atoms with Gasteiger partial charge in [-0.3, -0.25) is 9.79 Å². The van der Waals surface area contributed by atoms with Gasteiger partial charge in [0.15, 0.2) is 17.5 Å². The van der Waals surface area contributed by atoms with Crippen molar-refractivity contribution < 1.29 is 14.3 Å². The first-order valence-electron chi connectivity index (χ1n) is 11.2. The van der Waals surface area contributed by atoms with E-state index in [4.69, 9.17) is 9.47 Å². The fourth-order valence-electron chi connectivity index (χ4n) is 4.57. The van der Waals surface area contributed by atoms with Gasteiger partial charge in [0, 0.05) is 45.3 Å². The zero-order valence-electron chi connectivity index (χ0n) is 19.2. The van der Waals surface area contributed by atoms with Crippen LogP contribution in [0.5, 0.6) is 11.5 Å². The van der Waals surface area contributed by atoms with Crippen molar-refractivity contribution in [1.29, 1.82) is 0 Å². The lowest BCUT2D eigenvalue weighted by Crippen LogP contribution is -2.44. The summed E-state index contributed by atoms with van der Waals surface area (Å²) in [6.45, 7) is 3.14. The van der Waals surface area contributed by atoms with Crippen LogP contribution in [-0.4, -0.2) is 57.7 Å². The Balaban J connectivity index is 1.29. The second-order valence-corrected chi connectivity index (χ2v) is 8.15. The Labute approximate surface area is 190 Å². The smallest absolute Gasteiger partial charge is 0.227 e. The van der Waals surface area contributed by atoms with Crippen molar-refractivity contribution in [3.05, 3.63) is 53.1 Å². The maximum absolute atomic E-state index is 12.7. The van der Waals surface area contributed by atoms with E-state index in [1.54, 1.807) is 21.3 Å². The SMILES string of the molecule is CN=C(NCCCC(=O)N1CCc2ccccc21)N1CCc2cc(OC)c(OC)cc2C1. The van der Waals surface area contributed by atoms with Crippen molar-refractivity contribution in [3.63, 3.8) is 0 Å². The third-order valence-corrected chi connectivity index (χ3v) is 6.27. The topological polar surface area (TPSA) is 66.4 Å². The van der Waals surface area contributed by atoms with Gasteiger partial charge in [-0.05, 0) is 54.2 Å². The monoisotopic (exact) mass is 436 g/mol. The number of hydrogen-bond acceptors (Lipinski definition) is 4. The van der Waals surface area contributed by atoms with E-state index >= 15 is 0 Å². The lowest BCUT2D eigenvalue weighted by atomic mass is 9.99. The molecule has 7 nitrogen and oxygen atoms in total. The normalized spacial score (nSPS) is 15.3. The molecule has 1 N–H and O–H groups in total. The van der Waals surface area contributed by atoms with Crippen molar-refractivity contribution in [2.75, 3.05) is 45.8 Å². The average molecular weight is 437 g/mol. The molecular weight excluding hydrogens is 404 g/mol. The van der Waals surface area contributed by atoms with Crippen LogP contribution in [0.2, 0.25) is 0 Å². The largest absolute Gasteiger partial charge is 0.493 e. The van der Waals surface area contributed by atoms with Gasteiger partial charge in [0.2, 0.25) is 5.91 Å². The van der Waals surface area contributed by atoms with Gasteiger partial charge >= 0.3 is 0 Å². The van der Waals surface area contributed by atoms with Crippen molar-refractivity contribution in [1.82, 2.24) is 10.2 Å². The summed E-state index contributed by atoms with van der Waals surface area (Å²) >= 11 is 0. The molecule has 2 aliphatic heterocycles. The Morgan fingerprint density at radius 1 is 1.03 bits per heavy atom. The summed E-state index contributed by atoms with van der Waals surface area (Å²) in [5.74, 6) is 2.58. The Hall–Kier alpha value is -3.22. The van der Waals surface area contributed by atoms with E-state index < -0.39 is 0 Å². The molecule has 170 valence electrons. The zero-order valence-corrected chi connectivity index (χ0v) is 19.2. The van der Waals surface area contributed by atoms with E-state index in [-0.39, 0.29) is 5.91 Å². The zero-order chi connectivity index (χ0) is 22.5. The fourth-order valence-corrected chi connectivity index (χ4v) is 4.57. The van der Waals surface area contributed by atoms with Crippen LogP contribution in [-0.2, 0) is 24.2 Å². The summed E-state index contributed by atoms with van der Waals surface area (Å²) in [5.41, 5.74) is 4.84. The molecule has 7 heteroatoms. The van der Waals surface area contributed by atoms with Gasteiger partial charge in [-0.1, -0.05) is 18.2 Å². The lowest BCUT2D eigenvalue weighted by Gasteiger charge is -2.32. The number of ether oxygens (including phenoxy) is 2. The Morgan fingerprint density at radius 3 is 2.50 bits per heavy atom. The fraction of sp³-hybridized carbons (Fsp3) is 0.440. The van der Waals surface area contributed by atoms with Gasteiger partial charge in [0.05, 0.1) is 14.2 Å². The first-order chi connectivity index (χ1) is 15.6. The molecule has 0 saturated carbocycles. The number of carbonyl (C=O) groups excluding carboxylic acids is 1. The summed E-state index contributed by atoms with van der Waals surface area (Å²) in [5, 5.41) is 3.44. The van der Waals surface area contributed by atoms with E-state index in [2.05, 4.69) is 33.4 Å². The average Bonchev–Trinajstić information content (AvgIpc) is 3.27. The molecule has 1 amide bonds. The van der Waals surface area contributed by atoms with Crippen LogP contribution in [0.25, 0.3) is 0 Å². The molecule has 2 heterocycles. The number of benzene rings is 2. The minimum Gasteiger partial charge on any atom is -0.493 e. The Morgan fingerprint density at radius 2 is 1.75 bits per heavy atom. The Kier molecular flexibility index (Phi) is 6.83. The van der Waals surface area contributed by atoms with Crippen LogP contribution in [0.1, 0.15) is 29.5 Å². The van der Waals surface area contributed by atoms with Crippen molar-refractivity contribution in [2.24, 2.45) is 4.99 Å². The number of amides is 1. The molecule has 0 unspecified atom stereocenters. The van der Waals surface area contributed by atoms with E-state index in [0.29, 0.717) is 13.0 Å². The summed E-state index contributed by atoms with van der Waals surface area (Å²) in [7, 11) is 5.13. The number of anilines is 1. The van der Waals surface area contributed by atoms with Crippen molar-refractivity contribution in [3.8, 4) is 11.5 Å². The molecule has 0 atom stereocenters. The van der Waals surface area contributed by atoms with E-state index in [1.165, 1.54) is 16.7 Å². The van der Waals surface area contributed by atoms with Crippen molar-refractivity contribution in [2.45, 2.75) is 32.2 Å². The molecule has 0 spiro atoms. The molecule has 32 heavy (non-hydrogen) atoms. The number of fused-ring (bicyclic) bond motifs is 2. The molecule has 2 aromatic rings. The number of para-hydroxylation sites is 1. The third kappa shape index (κ3) is 4.52. The summed E-state index contributed by atoms with van der Waals surface area (Å²) in [4.78, 5) is 21.3. The number of guanidine groups is 1. The van der Waals surface area contributed by atoms with Crippen LogP contribution in [0.3, 0.4) is 0 Å². The van der Waals surface area contributed by atoms with Crippen LogP contribution < -0.4 is 19.7 Å². The van der Waals surface area contributed by atoms with Crippen LogP contribution in [0.4, 0.5) is 5.69 Å². The summed E-state index contributed by atoms with van der Waals surface area (Å²) in [6.07, 6.45) is 3.16. The maximum atomic E-state index is 12.7. The second kappa shape index (κ2) is 9.94. The molecule has 2 aliphatic rings. The van der Waals surface area contributed by atoms with Gasteiger partial charge in [-0.25, -0.2) is 0 Å². The maximum Gasteiger partial charge on any atom is 0.227 e. The standard InChI is InChI=1S/C25H32N4O3/c1-26-25(28-13-10-19-15-22(31-2)23(32-3)16-20(19)17-28)27-12-6-9-24(30)29-14-11-18-7-4-5-8-21(18)29/h4-5,7-8,15-16H,6,9-14,17H2,1-3H3,(H,26,27). The van der Waals surface area contributed by atoms with E-state index in [9.17, 15) is 4.79 Å². The lowest BCUT2D eigenvalue weighted by molar-refractivity contribution is -0.118. The highest BCUT2D eigenvalue weighted by Crippen LogP contribution is 2.33. The van der Waals surface area contributed by atoms with Gasteiger partial charge < -0.3 is 24.6 Å². The molecular formula is C25H32N4O3. The van der Waals surface area contributed by atoms with Crippen LogP contribution in [0, 0.1) is 0 Å². The van der Waals surface area contributed by atoms with Crippen LogP contribution in [0.15, 0.2) is 41.4 Å². The van der Waals surface area contributed by atoms with Crippen LogP contribution >= 0.6 is 0 Å². The van der Waals surface area contributed by atoms with E-state index in [0.717, 1.165) is 62.0 Å². The summed E-state index contributed by atoms with van der Waals surface area (Å²) < 4.78 is 10.9. The van der Waals surface area contributed by atoms with Crippen molar-refractivity contribution >= 4 is 17.6 Å². The predicted molar refractivity (Wildman–Crippen MR) is 127 cm³/mol. The quantitative estimate of drug-likeness (QED) is 0.428. The number of nitrogens with zero attached hydrogens (tertiary/aromatic N) is 3. The molecule has 0 fully saturated rings. The van der Waals surface area contributed by atoms with Gasteiger partial charge in [0.1, 0.15) is 0 Å². The highest BCUT2D eigenvalue weighted by molar-refractivity contribution is 5.95. The number of nitrogens with one attached hydrogen (secondary N) is 1. The summed E-state index contributed by atoms with van der Waals surface area (Å²) in [6, 6.07) is 12.3. The van der Waals surface area contributed by atoms with Gasteiger partial charge in [-0.2, -0.15) is 0 Å². The number of hydrogen-bond donors (Lipinski definition) is 1. The molecule has 0 aliphatic carbocycles. The number of rotatable bonds is 6. The first kappa shape index (κ1) is 22.0. The van der Waals surface area contributed by atoms with E-state index in [1.807, 2.05) is 23.1 Å². The highest BCUT2D eigenvalue weighted by Gasteiger charge is 2.24. The second-order valence-electron chi connectivity index (χ2n) is 8.15. The number of carbonyl (C=O) groups is 1. The molecule has 0 aromatic heterocycles. The first-order valence-corrected chi connectivity index (χ1v) is 11.2. The number of aliphatic imine (C=N–C) groups is 1. The Bertz CT molecular complexity index is 1000. The van der Waals surface area contributed by atoms with Gasteiger partial charge in [0.25, 0.3) is 0 Å². The third-order valence-electron chi connectivity index (χ3n) is 6.27. The minimum absolute atomic E-state index is 0.194. The molecule has 0 bridgehead atoms.